The smallest absolute Gasteiger partial charge is 0.358 e. The number of hydrogen-bond acceptors (Lipinski definition) is 6. The zero-order chi connectivity index (χ0) is 14.7. The van der Waals surface area contributed by atoms with Gasteiger partial charge >= 0.3 is 5.97 Å². The van der Waals surface area contributed by atoms with Gasteiger partial charge in [-0.2, -0.15) is 5.10 Å². The lowest BCUT2D eigenvalue weighted by molar-refractivity contribution is -0.385. The summed E-state index contributed by atoms with van der Waals surface area (Å²) >= 11 is 0. The molecular formula is C12H12N4O4. The normalized spacial score (nSPS) is 10.3. The third-order valence-electron chi connectivity index (χ3n) is 2.57. The van der Waals surface area contributed by atoms with Crippen LogP contribution in [-0.4, -0.2) is 32.3 Å². The molecule has 2 rings (SSSR count). The van der Waals surface area contributed by atoms with E-state index in [0.29, 0.717) is 11.4 Å². The fourth-order valence-electron chi connectivity index (χ4n) is 1.62. The van der Waals surface area contributed by atoms with E-state index in [-0.39, 0.29) is 18.0 Å². The second-order valence-corrected chi connectivity index (χ2v) is 3.95. The zero-order valence-corrected chi connectivity index (χ0v) is 10.9. The van der Waals surface area contributed by atoms with E-state index in [9.17, 15) is 14.9 Å². The highest BCUT2D eigenvalue weighted by molar-refractivity contribution is 5.87. The molecule has 0 saturated carbocycles. The van der Waals surface area contributed by atoms with E-state index in [1.54, 1.807) is 20.0 Å². The van der Waals surface area contributed by atoms with Gasteiger partial charge in [0.15, 0.2) is 11.5 Å². The van der Waals surface area contributed by atoms with Crippen molar-refractivity contribution >= 4 is 11.7 Å². The summed E-state index contributed by atoms with van der Waals surface area (Å²) in [5.41, 5.74) is 0.560. The number of nitrogens with zero attached hydrogens (tertiary/aromatic N) is 4. The second kappa shape index (κ2) is 5.47. The maximum Gasteiger partial charge on any atom is 0.358 e. The third-order valence-corrected chi connectivity index (χ3v) is 2.57. The first-order chi connectivity index (χ1) is 9.52. The summed E-state index contributed by atoms with van der Waals surface area (Å²) in [6.07, 6.45) is 2.70. The average molecular weight is 276 g/mol. The van der Waals surface area contributed by atoms with Gasteiger partial charge in [0.2, 0.25) is 0 Å². The van der Waals surface area contributed by atoms with Gasteiger partial charge in [-0.3, -0.25) is 10.1 Å². The van der Waals surface area contributed by atoms with E-state index in [0.717, 1.165) is 6.20 Å². The molecule has 104 valence electrons. The standard InChI is InChI=1S/C12H12N4O4/c1-3-20-12(17)9-4-5-15(14-9)11-6-8(2)10(7-13-11)16(18)19/h4-7H,3H2,1-2H3. The number of aromatic nitrogens is 3. The SMILES string of the molecule is CCOC(=O)c1ccn(-c2cc(C)c([N+](=O)[O-])cn2)n1. The molecule has 0 unspecified atom stereocenters. The average Bonchev–Trinajstić information content (AvgIpc) is 2.88. The number of carbonyl (C=O) groups excluding carboxylic acids is 1. The molecule has 2 heterocycles. The van der Waals surface area contributed by atoms with Crippen molar-refractivity contribution in [3.05, 3.63) is 45.9 Å². The van der Waals surface area contributed by atoms with Gasteiger partial charge in [-0.15, -0.1) is 0 Å². The molecule has 0 atom stereocenters. The number of hydrogen-bond donors (Lipinski definition) is 0. The van der Waals surface area contributed by atoms with Crippen LogP contribution in [0.4, 0.5) is 5.69 Å². The van der Waals surface area contributed by atoms with Crippen molar-refractivity contribution in [2.24, 2.45) is 0 Å². The van der Waals surface area contributed by atoms with Crippen LogP contribution in [0, 0.1) is 17.0 Å². The fraction of sp³-hybridized carbons (Fsp3) is 0.250. The van der Waals surface area contributed by atoms with E-state index in [1.165, 1.54) is 16.8 Å². The van der Waals surface area contributed by atoms with E-state index < -0.39 is 10.9 Å². The summed E-state index contributed by atoms with van der Waals surface area (Å²) in [5, 5.41) is 14.7. The lowest BCUT2D eigenvalue weighted by Gasteiger charge is -2.02. The number of esters is 1. The molecule has 0 N–H and O–H groups in total. The van der Waals surface area contributed by atoms with Crippen LogP contribution in [0.1, 0.15) is 23.0 Å². The van der Waals surface area contributed by atoms with Crippen molar-refractivity contribution in [1.29, 1.82) is 0 Å². The number of rotatable bonds is 4. The molecule has 2 aromatic rings. The first kappa shape index (κ1) is 13.7. The van der Waals surface area contributed by atoms with Crippen LogP contribution in [0.25, 0.3) is 5.82 Å². The van der Waals surface area contributed by atoms with Crippen molar-refractivity contribution in [2.45, 2.75) is 13.8 Å². The predicted octanol–water partition coefficient (Wildman–Crippen LogP) is 1.66. The Morgan fingerprint density at radius 1 is 1.55 bits per heavy atom. The molecule has 0 amide bonds. The van der Waals surface area contributed by atoms with Gasteiger partial charge in [-0.05, 0) is 26.0 Å². The molecule has 8 heteroatoms. The lowest BCUT2D eigenvalue weighted by atomic mass is 10.2. The quantitative estimate of drug-likeness (QED) is 0.478. The van der Waals surface area contributed by atoms with Crippen LogP contribution in [0.15, 0.2) is 24.5 Å². The van der Waals surface area contributed by atoms with Crippen LogP contribution in [0.5, 0.6) is 0 Å². The molecule has 0 spiro atoms. The maximum absolute atomic E-state index is 11.5. The van der Waals surface area contributed by atoms with E-state index >= 15 is 0 Å². The van der Waals surface area contributed by atoms with E-state index in [1.807, 2.05) is 0 Å². The number of pyridine rings is 1. The first-order valence-corrected chi connectivity index (χ1v) is 5.87. The lowest BCUT2D eigenvalue weighted by Crippen LogP contribution is -2.07. The van der Waals surface area contributed by atoms with Crippen LogP contribution in [0.3, 0.4) is 0 Å². The molecule has 0 radical (unpaired) electrons. The molecular weight excluding hydrogens is 264 g/mol. The number of carbonyl (C=O) groups is 1. The third kappa shape index (κ3) is 2.63. The summed E-state index contributed by atoms with van der Waals surface area (Å²) in [5.74, 6) is -0.131. The summed E-state index contributed by atoms with van der Waals surface area (Å²) < 4.78 is 6.19. The van der Waals surface area contributed by atoms with E-state index in [4.69, 9.17) is 4.74 Å². The first-order valence-electron chi connectivity index (χ1n) is 5.87. The monoisotopic (exact) mass is 276 g/mol. The highest BCUT2D eigenvalue weighted by Crippen LogP contribution is 2.18. The molecule has 20 heavy (non-hydrogen) atoms. The molecule has 0 aliphatic heterocycles. The molecule has 0 aliphatic rings. The largest absolute Gasteiger partial charge is 0.461 e. The van der Waals surface area contributed by atoms with Crippen molar-refractivity contribution in [3.8, 4) is 5.82 Å². The van der Waals surface area contributed by atoms with Gasteiger partial charge in [0.05, 0.1) is 11.5 Å². The Hall–Kier alpha value is -2.77. The zero-order valence-electron chi connectivity index (χ0n) is 10.9. The minimum Gasteiger partial charge on any atom is -0.461 e. The van der Waals surface area contributed by atoms with Crippen molar-refractivity contribution in [2.75, 3.05) is 6.61 Å². The molecule has 2 aromatic heterocycles. The van der Waals surface area contributed by atoms with Crippen molar-refractivity contribution in [3.63, 3.8) is 0 Å². The molecule has 0 aliphatic carbocycles. The molecule has 8 nitrogen and oxygen atoms in total. The number of ether oxygens (including phenoxy) is 1. The fourth-order valence-corrected chi connectivity index (χ4v) is 1.62. The van der Waals surface area contributed by atoms with Crippen LogP contribution < -0.4 is 0 Å². The highest BCUT2D eigenvalue weighted by Gasteiger charge is 2.14. The topological polar surface area (TPSA) is 100 Å². The molecule has 0 fully saturated rings. The summed E-state index contributed by atoms with van der Waals surface area (Å²) in [6.45, 7) is 3.58. The van der Waals surface area contributed by atoms with Crippen molar-refractivity contribution in [1.82, 2.24) is 14.8 Å². The van der Waals surface area contributed by atoms with Crippen LogP contribution in [-0.2, 0) is 4.74 Å². The summed E-state index contributed by atoms with van der Waals surface area (Å²) in [6, 6.07) is 3.02. The Labute approximate surface area is 114 Å². The number of aryl methyl sites for hydroxylation is 1. The molecule has 0 saturated heterocycles. The van der Waals surface area contributed by atoms with Crippen molar-refractivity contribution < 1.29 is 14.5 Å². The predicted molar refractivity (Wildman–Crippen MR) is 68.7 cm³/mol. The van der Waals surface area contributed by atoms with Gasteiger partial charge in [0.1, 0.15) is 6.20 Å². The Bertz CT molecular complexity index is 665. The van der Waals surface area contributed by atoms with Gasteiger partial charge in [-0.1, -0.05) is 0 Å². The maximum atomic E-state index is 11.5. The van der Waals surface area contributed by atoms with Crippen LogP contribution >= 0.6 is 0 Å². The van der Waals surface area contributed by atoms with Gasteiger partial charge in [0.25, 0.3) is 5.69 Å². The van der Waals surface area contributed by atoms with Gasteiger partial charge < -0.3 is 4.74 Å². The van der Waals surface area contributed by atoms with E-state index in [2.05, 4.69) is 10.1 Å². The van der Waals surface area contributed by atoms with Crippen LogP contribution in [0.2, 0.25) is 0 Å². The highest BCUT2D eigenvalue weighted by atomic mass is 16.6. The number of nitro groups is 1. The minimum atomic E-state index is -0.523. The molecule has 0 bridgehead atoms. The Balaban J connectivity index is 2.31. The minimum absolute atomic E-state index is 0.0634. The Morgan fingerprint density at radius 3 is 2.90 bits per heavy atom. The van der Waals surface area contributed by atoms with Gasteiger partial charge in [0, 0.05) is 11.8 Å². The Kier molecular flexibility index (Phi) is 3.74. The Morgan fingerprint density at radius 2 is 2.30 bits per heavy atom. The second-order valence-electron chi connectivity index (χ2n) is 3.95. The summed E-state index contributed by atoms with van der Waals surface area (Å²) in [4.78, 5) is 25.7. The molecule has 0 aromatic carbocycles. The summed E-state index contributed by atoms with van der Waals surface area (Å²) in [7, 11) is 0. The van der Waals surface area contributed by atoms with Gasteiger partial charge in [-0.25, -0.2) is 14.5 Å².